The molecule has 0 radical (unpaired) electrons. The Labute approximate surface area is 127 Å². The first kappa shape index (κ1) is 17.8. The van der Waals surface area contributed by atoms with Gasteiger partial charge < -0.3 is 20.7 Å². The molecule has 0 saturated heterocycles. The molecule has 6 nitrogen and oxygen atoms in total. The number of nitrogens with one attached hydrogen (secondary N) is 3. The van der Waals surface area contributed by atoms with Crippen molar-refractivity contribution in [2.24, 2.45) is 0 Å². The van der Waals surface area contributed by atoms with Crippen LogP contribution < -0.4 is 16.0 Å². The lowest BCUT2D eigenvalue weighted by Gasteiger charge is -2.36. The molecule has 122 valence electrons. The monoisotopic (exact) mass is 299 g/mol. The number of amides is 2. The highest BCUT2D eigenvalue weighted by Gasteiger charge is 2.31. The van der Waals surface area contributed by atoms with E-state index in [1.54, 1.807) is 0 Å². The van der Waals surface area contributed by atoms with Crippen molar-refractivity contribution in [2.45, 2.75) is 77.6 Å². The summed E-state index contributed by atoms with van der Waals surface area (Å²) >= 11 is 0. The van der Waals surface area contributed by atoms with Crippen molar-refractivity contribution in [3.8, 4) is 0 Å². The van der Waals surface area contributed by atoms with Gasteiger partial charge in [-0.2, -0.15) is 0 Å². The molecule has 1 saturated carbocycles. The minimum atomic E-state index is -0.463. The smallest absolute Gasteiger partial charge is 0.407 e. The number of alkyl carbamates (subject to hydrolysis) is 1. The van der Waals surface area contributed by atoms with Crippen molar-refractivity contribution in [3.63, 3.8) is 0 Å². The quantitative estimate of drug-likeness (QED) is 0.695. The van der Waals surface area contributed by atoms with E-state index in [9.17, 15) is 9.59 Å². The van der Waals surface area contributed by atoms with E-state index < -0.39 is 5.60 Å². The summed E-state index contributed by atoms with van der Waals surface area (Å²) in [7, 11) is 0. The molecule has 0 aliphatic heterocycles. The van der Waals surface area contributed by atoms with Gasteiger partial charge in [0.1, 0.15) is 5.60 Å². The number of hydrogen-bond donors (Lipinski definition) is 3. The molecular formula is C15H29N3O3. The summed E-state index contributed by atoms with van der Waals surface area (Å²) in [5, 5.41) is 9.03. The van der Waals surface area contributed by atoms with Crippen LogP contribution >= 0.6 is 0 Å². The summed E-state index contributed by atoms with van der Waals surface area (Å²) in [6.07, 6.45) is 1.89. The topological polar surface area (TPSA) is 79.5 Å². The normalized spacial score (nSPS) is 21.6. The number of hydrogen-bond acceptors (Lipinski definition) is 4. The Morgan fingerprint density at radius 2 is 1.81 bits per heavy atom. The first-order chi connectivity index (χ1) is 9.65. The third-order valence-corrected chi connectivity index (χ3v) is 3.09. The van der Waals surface area contributed by atoms with Crippen molar-refractivity contribution < 1.29 is 14.3 Å². The van der Waals surface area contributed by atoms with E-state index in [4.69, 9.17) is 4.74 Å². The molecule has 0 aromatic rings. The zero-order chi connectivity index (χ0) is 16.0. The second-order valence-electron chi connectivity index (χ2n) is 6.94. The molecular weight excluding hydrogens is 270 g/mol. The van der Waals surface area contributed by atoms with Gasteiger partial charge in [-0.25, -0.2) is 4.79 Å². The zero-order valence-corrected chi connectivity index (χ0v) is 13.8. The van der Waals surface area contributed by atoms with Crippen LogP contribution in [0.1, 0.15) is 53.9 Å². The molecule has 21 heavy (non-hydrogen) atoms. The van der Waals surface area contributed by atoms with E-state index in [0.29, 0.717) is 19.0 Å². The minimum Gasteiger partial charge on any atom is -0.444 e. The number of rotatable bonds is 6. The van der Waals surface area contributed by atoms with Crippen molar-refractivity contribution >= 4 is 12.0 Å². The molecule has 1 fully saturated rings. The van der Waals surface area contributed by atoms with Gasteiger partial charge in [0.15, 0.2) is 0 Å². The van der Waals surface area contributed by atoms with E-state index in [1.165, 1.54) is 0 Å². The predicted molar refractivity (Wildman–Crippen MR) is 82.1 cm³/mol. The highest BCUT2D eigenvalue weighted by Crippen LogP contribution is 2.20. The molecule has 3 N–H and O–H groups in total. The average Bonchev–Trinajstić information content (AvgIpc) is 2.21. The average molecular weight is 299 g/mol. The number of carbonyl (C=O) groups excluding carboxylic acids is 2. The lowest BCUT2D eigenvalue weighted by atomic mass is 9.87. The molecule has 1 aliphatic carbocycles. The van der Waals surface area contributed by atoms with Gasteiger partial charge in [-0.1, -0.05) is 0 Å². The molecule has 0 aromatic carbocycles. The van der Waals surface area contributed by atoms with Crippen molar-refractivity contribution in [1.29, 1.82) is 0 Å². The van der Waals surface area contributed by atoms with Gasteiger partial charge in [0.05, 0.1) is 0 Å². The Kier molecular flexibility index (Phi) is 6.45. The summed E-state index contributed by atoms with van der Waals surface area (Å²) in [6.45, 7) is 10.1. The summed E-state index contributed by atoms with van der Waals surface area (Å²) in [4.78, 5) is 23.0. The van der Waals surface area contributed by atoms with Crippen molar-refractivity contribution in [1.82, 2.24) is 16.0 Å². The Morgan fingerprint density at radius 3 is 2.33 bits per heavy atom. The lowest BCUT2D eigenvalue weighted by molar-refractivity contribution is -0.121. The maximum atomic E-state index is 11.6. The zero-order valence-electron chi connectivity index (χ0n) is 13.8. The SMILES string of the molecule is CC(C)NC(=O)CCNC1CC(NC(=O)OC(C)(C)C)C1. The summed E-state index contributed by atoms with van der Waals surface area (Å²) in [5.74, 6) is 0.0697. The largest absolute Gasteiger partial charge is 0.444 e. The number of ether oxygens (including phenoxy) is 1. The van der Waals surface area contributed by atoms with Crippen LogP contribution in [0.15, 0.2) is 0 Å². The van der Waals surface area contributed by atoms with Crippen LogP contribution in [-0.2, 0) is 9.53 Å². The molecule has 0 unspecified atom stereocenters. The highest BCUT2D eigenvalue weighted by molar-refractivity contribution is 5.76. The fraction of sp³-hybridized carbons (Fsp3) is 0.867. The molecule has 1 rings (SSSR count). The molecule has 0 spiro atoms. The van der Waals surface area contributed by atoms with Crippen molar-refractivity contribution in [2.75, 3.05) is 6.54 Å². The van der Waals surface area contributed by atoms with E-state index in [0.717, 1.165) is 12.8 Å². The Hall–Kier alpha value is -1.30. The van der Waals surface area contributed by atoms with Crippen LogP contribution in [0, 0.1) is 0 Å². The van der Waals surface area contributed by atoms with Crippen LogP contribution in [0.2, 0.25) is 0 Å². The standard InChI is InChI=1S/C15H29N3O3/c1-10(2)17-13(19)6-7-16-11-8-12(9-11)18-14(20)21-15(3,4)5/h10-12,16H,6-9H2,1-5H3,(H,17,19)(H,18,20). The first-order valence-corrected chi connectivity index (χ1v) is 7.68. The summed E-state index contributed by atoms with van der Waals surface area (Å²) in [6, 6.07) is 0.724. The van der Waals surface area contributed by atoms with Crippen LogP contribution in [0.25, 0.3) is 0 Å². The molecule has 2 amide bonds. The molecule has 0 bridgehead atoms. The fourth-order valence-corrected chi connectivity index (χ4v) is 2.16. The molecule has 1 aliphatic rings. The maximum Gasteiger partial charge on any atom is 0.407 e. The minimum absolute atomic E-state index is 0.0697. The Balaban J connectivity index is 2.06. The predicted octanol–water partition coefficient (Wildman–Crippen LogP) is 1.55. The summed E-state index contributed by atoms with van der Waals surface area (Å²) < 4.78 is 5.21. The molecule has 0 heterocycles. The van der Waals surface area contributed by atoms with Crippen LogP contribution in [0.4, 0.5) is 4.79 Å². The van der Waals surface area contributed by atoms with Crippen LogP contribution in [0.5, 0.6) is 0 Å². The van der Waals surface area contributed by atoms with Crippen molar-refractivity contribution in [3.05, 3.63) is 0 Å². The molecule has 0 atom stereocenters. The Bertz CT molecular complexity index is 358. The van der Waals surface area contributed by atoms with Gasteiger partial charge in [0.25, 0.3) is 0 Å². The number of carbonyl (C=O) groups is 2. The fourth-order valence-electron chi connectivity index (χ4n) is 2.16. The Morgan fingerprint density at radius 1 is 1.19 bits per heavy atom. The van der Waals surface area contributed by atoms with Gasteiger partial charge in [0.2, 0.25) is 5.91 Å². The second-order valence-corrected chi connectivity index (χ2v) is 6.94. The second kappa shape index (κ2) is 7.64. The molecule has 6 heteroatoms. The van der Waals surface area contributed by atoms with Crippen LogP contribution in [-0.4, -0.2) is 42.3 Å². The highest BCUT2D eigenvalue weighted by atomic mass is 16.6. The first-order valence-electron chi connectivity index (χ1n) is 7.68. The van der Waals surface area contributed by atoms with E-state index >= 15 is 0 Å². The molecule has 0 aromatic heterocycles. The van der Waals surface area contributed by atoms with Gasteiger partial charge in [-0.05, 0) is 47.5 Å². The van der Waals surface area contributed by atoms with E-state index in [-0.39, 0.29) is 24.1 Å². The van der Waals surface area contributed by atoms with Gasteiger partial charge in [-0.15, -0.1) is 0 Å². The lowest BCUT2D eigenvalue weighted by Crippen LogP contribution is -2.53. The van der Waals surface area contributed by atoms with E-state index in [1.807, 2.05) is 34.6 Å². The van der Waals surface area contributed by atoms with Gasteiger partial charge in [-0.3, -0.25) is 4.79 Å². The summed E-state index contributed by atoms with van der Waals surface area (Å²) in [5.41, 5.74) is -0.463. The van der Waals surface area contributed by atoms with E-state index in [2.05, 4.69) is 16.0 Å². The maximum absolute atomic E-state index is 11.6. The third-order valence-electron chi connectivity index (χ3n) is 3.09. The van der Waals surface area contributed by atoms with Gasteiger partial charge in [0, 0.05) is 31.1 Å². The third kappa shape index (κ3) is 7.90. The van der Waals surface area contributed by atoms with Gasteiger partial charge >= 0.3 is 6.09 Å². The van der Waals surface area contributed by atoms with Crippen LogP contribution in [0.3, 0.4) is 0 Å².